The van der Waals surface area contributed by atoms with Crippen molar-refractivity contribution in [2.45, 2.75) is 0 Å². The summed E-state index contributed by atoms with van der Waals surface area (Å²) in [5.74, 6) is 1.85. The molecule has 10 aromatic rings. The van der Waals surface area contributed by atoms with E-state index in [1.54, 1.807) is 0 Å². The summed E-state index contributed by atoms with van der Waals surface area (Å²) in [4.78, 5) is 15.2. The van der Waals surface area contributed by atoms with Gasteiger partial charge < -0.3 is 4.42 Å². The molecule has 0 aliphatic heterocycles. The fourth-order valence-electron chi connectivity index (χ4n) is 7.28. The van der Waals surface area contributed by atoms with E-state index in [1.165, 1.54) is 38.4 Å². The topological polar surface area (TPSA) is 51.8 Å². The van der Waals surface area contributed by atoms with Crippen LogP contribution in [0.15, 0.2) is 180 Å². The monoisotopic (exact) mass is 651 g/mol. The Morgan fingerprint density at radius 1 is 0.314 bits per heavy atom. The molecule has 0 aliphatic rings. The van der Waals surface area contributed by atoms with E-state index in [4.69, 9.17) is 19.4 Å². The Kier molecular flexibility index (Phi) is 6.78. The van der Waals surface area contributed by atoms with Gasteiger partial charge in [0.25, 0.3) is 0 Å². The first-order valence-electron chi connectivity index (χ1n) is 17.1. The van der Waals surface area contributed by atoms with Gasteiger partial charge in [-0.2, -0.15) is 0 Å². The lowest BCUT2D eigenvalue weighted by atomic mass is 9.91. The van der Waals surface area contributed by atoms with Crippen molar-refractivity contribution in [3.05, 3.63) is 176 Å². The zero-order valence-electron chi connectivity index (χ0n) is 27.5. The number of hydrogen-bond acceptors (Lipinski definition) is 4. The molecule has 0 radical (unpaired) electrons. The standard InChI is InChI=1S/C47H29N3O/c1-3-12-30(13-4-1)33-25-24-31-16-9-20-38(41(31)29-33)37-19-10-17-34-28-35(26-27-36(34)37)46-48-45(32-14-5-2-6-15-32)49-47(50-46)40-21-11-23-43-44(40)39-18-7-8-22-42(39)51-43/h1-29H. The summed E-state index contributed by atoms with van der Waals surface area (Å²) in [5, 5.41) is 6.77. The molecule has 2 aromatic heterocycles. The second-order valence-corrected chi connectivity index (χ2v) is 12.8. The largest absolute Gasteiger partial charge is 0.456 e. The normalized spacial score (nSPS) is 11.5. The van der Waals surface area contributed by atoms with Gasteiger partial charge in [-0.05, 0) is 68.1 Å². The SMILES string of the molecule is c1ccc(-c2ccc3cccc(-c4cccc5cc(-c6nc(-c7ccccc7)nc(-c7cccc8oc9ccccc9c78)n6)ccc45)c3c2)cc1. The highest BCUT2D eigenvalue weighted by Gasteiger charge is 2.18. The Hall–Kier alpha value is -6.91. The van der Waals surface area contributed by atoms with Crippen LogP contribution < -0.4 is 0 Å². The van der Waals surface area contributed by atoms with Crippen molar-refractivity contribution in [1.82, 2.24) is 15.0 Å². The van der Waals surface area contributed by atoms with Gasteiger partial charge in [-0.15, -0.1) is 0 Å². The summed E-state index contributed by atoms with van der Waals surface area (Å²) in [6, 6.07) is 61.2. The summed E-state index contributed by atoms with van der Waals surface area (Å²) in [5.41, 5.74) is 9.22. The van der Waals surface area contributed by atoms with Crippen LogP contribution in [0, 0.1) is 0 Å². The van der Waals surface area contributed by atoms with Crippen LogP contribution in [0.3, 0.4) is 0 Å². The number of rotatable bonds is 5. The van der Waals surface area contributed by atoms with E-state index in [0.717, 1.165) is 44.0 Å². The molecule has 4 heteroatoms. The Morgan fingerprint density at radius 2 is 0.922 bits per heavy atom. The van der Waals surface area contributed by atoms with Crippen LogP contribution in [-0.4, -0.2) is 15.0 Å². The highest BCUT2D eigenvalue weighted by Crippen LogP contribution is 2.39. The van der Waals surface area contributed by atoms with Gasteiger partial charge in [-0.1, -0.05) is 152 Å². The summed E-state index contributed by atoms with van der Waals surface area (Å²) in [6.07, 6.45) is 0. The van der Waals surface area contributed by atoms with Crippen molar-refractivity contribution >= 4 is 43.5 Å². The minimum atomic E-state index is 0.606. The Morgan fingerprint density at radius 3 is 1.75 bits per heavy atom. The number of fused-ring (bicyclic) bond motifs is 5. The predicted octanol–water partition coefficient (Wildman–Crippen LogP) is 12.4. The molecule has 10 rings (SSSR count). The number of hydrogen-bond donors (Lipinski definition) is 0. The molecule has 2 heterocycles. The third-order valence-electron chi connectivity index (χ3n) is 9.73. The maximum atomic E-state index is 6.22. The summed E-state index contributed by atoms with van der Waals surface area (Å²) in [6.45, 7) is 0. The fourth-order valence-corrected chi connectivity index (χ4v) is 7.28. The quantitative estimate of drug-likeness (QED) is 0.186. The van der Waals surface area contributed by atoms with Crippen LogP contribution in [-0.2, 0) is 0 Å². The molecule has 238 valence electrons. The van der Waals surface area contributed by atoms with E-state index in [1.807, 2.05) is 60.7 Å². The highest BCUT2D eigenvalue weighted by molar-refractivity contribution is 6.12. The van der Waals surface area contributed by atoms with Crippen LogP contribution in [0.2, 0.25) is 0 Å². The predicted molar refractivity (Wildman–Crippen MR) is 209 cm³/mol. The second kappa shape index (κ2) is 11.9. The lowest BCUT2D eigenvalue weighted by molar-refractivity contribution is 0.669. The van der Waals surface area contributed by atoms with Gasteiger partial charge in [0.15, 0.2) is 17.5 Å². The van der Waals surface area contributed by atoms with Crippen molar-refractivity contribution in [2.24, 2.45) is 0 Å². The van der Waals surface area contributed by atoms with Crippen LogP contribution in [0.25, 0.3) is 99.9 Å². The summed E-state index contributed by atoms with van der Waals surface area (Å²) < 4.78 is 6.22. The summed E-state index contributed by atoms with van der Waals surface area (Å²) >= 11 is 0. The summed E-state index contributed by atoms with van der Waals surface area (Å²) in [7, 11) is 0. The smallest absolute Gasteiger partial charge is 0.164 e. The van der Waals surface area contributed by atoms with Crippen molar-refractivity contribution in [3.63, 3.8) is 0 Å². The van der Waals surface area contributed by atoms with Crippen LogP contribution >= 0.6 is 0 Å². The molecule has 0 saturated heterocycles. The molecule has 0 spiro atoms. The number of benzene rings is 8. The molecule has 4 nitrogen and oxygen atoms in total. The average Bonchev–Trinajstić information content (AvgIpc) is 3.59. The van der Waals surface area contributed by atoms with Gasteiger partial charge in [0.05, 0.1) is 0 Å². The zero-order valence-corrected chi connectivity index (χ0v) is 27.5. The van der Waals surface area contributed by atoms with Gasteiger partial charge in [-0.3, -0.25) is 0 Å². The molecule has 0 N–H and O–H groups in total. The molecule has 8 aromatic carbocycles. The van der Waals surface area contributed by atoms with Gasteiger partial charge in [0.1, 0.15) is 11.2 Å². The third kappa shape index (κ3) is 5.04. The van der Waals surface area contributed by atoms with E-state index < -0.39 is 0 Å². The molecule has 51 heavy (non-hydrogen) atoms. The van der Waals surface area contributed by atoms with Crippen LogP contribution in [0.1, 0.15) is 0 Å². The minimum Gasteiger partial charge on any atom is -0.456 e. The molecule has 0 saturated carbocycles. The number of para-hydroxylation sites is 1. The number of nitrogens with zero attached hydrogens (tertiary/aromatic N) is 3. The first-order chi connectivity index (χ1) is 25.3. The zero-order chi connectivity index (χ0) is 33.7. The Labute approximate surface area is 294 Å². The Bertz CT molecular complexity index is 2910. The van der Waals surface area contributed by atoms with Gasteiger partial charge in [0.2, 0.25) is 0 Å². The maximum Gasteiger partial charge on any atom is 0.164 e. The molecule has 0 fully saturated rings. The lowest BCUT2D eigenvalue weighted by Gasteiger charge is -2.13. The van der Waals surface area contributed by atoms with E-state index in [2.05, 4.69) is 115 Å². The first kappa shape index (κ1) is 29.0. The van der Waals surface area contributed by atoms with E-state index >= 15 is 0 Å². The molecule has 0 atom stereocenters. The van der Waals surface area contributed by atoms with Crippen molar-refractivity contribution < 1.29 is 4.42 Å². The molecular weight excluding hydrogens is 623 g/mol. The Balaban J connectivity index is 1.14. The average molecular weight is 652 g/mol. The fraction of sp³-hybridized carbons (Fsp3) is 0. The molecule has 0 unspecified atom stereocenters. The number of aromatic nitrogens is 3. The number of furan rings is 1. The van der Waals surface area contributed by atoms with E-state index in [-0.39, 0.29) is 0 Å². The van der Waals surface area contributed by atoms with Gasteiger partial charge >= 0.3 is 0 Å². The molecule has 0 bridgehead atoms. The molecule has 0 amide bonds. The second-order valence-electron chi connectivity index (χ2n) is 12.8. The molecule has 0 aliphatic carbocycles. The van der Waals surface area contributed by atoms with Gasteiger partial charge in [-0.25, -0.2) is 15.0 Å². The van der Waals surface area contributed by atoms with Crippen molar-refractivity contribution in [2.75, 3.05) is 0 Å². The van der Waals surface area contributed by atoms with Crippen LogP contribution in [0.4, 0.5) is 0 Å². The van der Waals surface area contributed by atoms with Gasteiger partial charge in [0, 0.05) is 27.5 Å². The first-order valence-corrected chi connectivity index (χ1v) is 17.1. The van der Waals surface area contributed by atoms with Crippen LogP contribution in [0.5, 0.6) is 0 Å². The minimum absolute atomic E-state index is 0.606. The molecular formula is C47H29N3O. The van der Waals surface area contributed by atoms with Crippen molar-refractivity contribution in [3.8, 4) is 56.4 Å². The van der Waals surface area contributed by atoms with E-state index in [0.29, 0.717) is 17.5 Å². The third-order valence-corrected chi connectivity index (χ3v) is 9.73. The van der Waals surface area contributed by atoms with E-state index in [9.17, 15) is 0 Å². The van der Waals surface area contributed by atoms with Crippen molar-refractivity contribution in [1.29, 1.82) is 0 Å². The lowest BCUT2D eigenvalue weighted by Crippen LogP contribution is -2.00. The maximum absolute atomic E-state index is 6.22. The highest BCUT2D eigenvalue weighted by atomic mass is 16.3.